The molecule has 2 amide bonds. The van der Waals surface area contributed by atoms with Crippen molar-refractivity contribution in [3.8, 4) is 0 Å². The van der Waals surface area contributed by atoms with Gasteiger partial charge in [-0.2, -0.15) is 0 Å². The van der Waals surface area contributed by atoms with Gasteiger partial charge in [-0.05, 0) is 25.7 Å². The summed E-state index contributed by atoms with van der Waals surface area (Å²) in [6.45, 7) is 5.88. The Balaban J connectivity index is 2.17. The van der Waals surface area contributed by atoms with Crippen molar-refractivity contribution in [3.05, 3.63) is 0 Å². The molecule has 3 atom stereocenters. The maximum atomic E-state index is 12.3. The van der Waals surface area contributed by atoms with Gasteiger partial charge in [0.15, 0.2) is 0 Å². The molecule has 1 aliphatic carbocycles. The van der Waals surface area contributed by atoms with Gasteiger partial charge in [-0.3, -0.25) is 9.59 Å². The summed E-state index contributed by atoms with van der Waals surface area (Å²) < 4.78 is 0. The molecule has 90 valence electrons. The summed E-state index contributed by atoms with van der Waals surface area (Å²) in [6, 6.07) is -0.283. The average molecular weight is 224 g/mol. The number of nitrogens with one attached hydrogen (secondary N) is 1. The molecule has 1 N–H and O–H groups in total. The highest BCUT2D eigenvalue weighted by Gasteiger charge is 2.46. The van der Waals surface area contributed by atoms with Gasteiger partial charge in [0, 0.05) is 6.04 Å². The van der Waals surface area contributed by atoms with Crippen LogP contribution in [0.4, 0.5) is 0 Å². The molecule has 4 nitrogen and oxygen atoms in total. The molecule has 0 spiro atoms. The van der Waals surface area contributed by atoms with Crippen molar-refractivity contribution < 1.29 is 9.59 Å². The molecular weight excluding hydrogens is 204 g/mol. The van der Waals surface area contributed by atoms with Gasteiger partial charge in [0.1, 0.15) is 12.1 Å². The lowest BCUT2D eigenvalue weighted by molar-refractivity contribution is -0.150. The average Bonchev–Trinajstić information content (AvgIpc) is 3.07. The molecule has 0 bridgehead atoms. The van der Waals surface area contributed by atoms with E-state index in [0.29, 0.717) is 6.04 Å². The fourth-order valence-electron chi connectivity index (χ4n) is 2.28. The number of hydrogen-bond acceptors (Lipinski definition) is 2. The van der Waals surface area contributed by atoms with Crippen molar-refractivity contribution in [3.63, 3.8) is 0 Å². The monoisotopic (exact) mass is 224 g/mol. The first-order chi connectivity index (χ1) is 7.56. The number of amides is 2. The second-order valence-electron chi connectivity index (χ2n) is 5.02. The van der Waals surface area contributed by atoms with Gasteiger partial charge in [0.05, 0.1) is 0 Å². The first kappa shape index (κ1) is 11.4. The molecule has 1 saturated heterocycles. The van der Waals surface area contributed by atoms with Crippen molar-refractivity contribution in [1.29, 1.82) is 0 Å². The maximum Gasteiger partial charge on any atom is 0.246 e. The predicted octanol–water partition coefficient (Wildman–Crippen LogP) is 0.910. The summed E-state index contributed by atoms with van der Waals surface area (Å²) in [5.41, 5.74) is 0. The molecule has 0 aromatic heterocycles. The fourth-order valence-corrected chi connectivity index (χ4v) is 2.28. The van der Waals surface area contributed by atoms with Crippen LogP contribution in [-0.2, 0) is 9.59 Å². The Morgan fingerprint density at radius 2 is 2.06 bits per heavy atom. The van der Waals surface area contributed by atoms with Crippen LogP contribution in [-0.4, -0.2) is 34.8 Å². The molecule has 0 radical (unpaired) electrons. The van der Waals surface area contributed by atoms with Crippen LogP contribution in [0.1, 0.15) is 40.0 Å². The van der Waals surface area contributed by atoms with Gasteiger partial charge >= 0.3 is 0 Å². The zero-order valence-corrected chi connectivity index (χ0v) is 10.2. The Morgan fingerprint density at radius 3 is 2.56 bits per heavy atom. The Hall–Kier alpha value is -1.06. The number of piperazine rings is 1. The van der Waals surface area contributed by atoms with E-state index < -0.39 is 0 Å². The van der Waals surface area contributed by atoms with E-state index >= 15 is 0 Å². The zero-order valence-electron chi connectivity index (χ0n) is 10.2. The van der Waals surface area contributed by atoms with Crippen molar-refractivity contribution in [1.82, 2.24) is 10.2 Å². The Bertz CT molecular complexity index is 312. The third-order valence-corrected chi connectivity index (χ3v) is 3.77. The van der Waals surface area contributed by atoms with E-state index in [-0.39, 0.29) is 29.8 Å². The van der Waals surface area contributed by atoms with Gasteiger partial charge in [0.25, 0.3) is 0 Å². The maximum absolute atomic E-state index is 12.3. The molecule has 0 aromatic rings. The van der Waals surface area contributed by atoms with E-state index in [9.17, 15) is 9.59 Å². The minimum atomic E-state index is -0.311. The first-order valence-electron chi connectivity index (χ1n) is 6.18. The largest absolute Gasteiger partial charge is 0.342 e. The van der Waals surface area contributed by atoms with Crippen molar-refractivity contribution >= 4 is 11.8 Å². The number of nitrogens with zero attached hydrogens (tertiary/aromatic N) is 1. The van der Waals surface area contributed by atoms with E-state index in [2.05, 4.69) is 5.32 Å². The van der Waals surface area contributed by atoms with Crippen LogP contribution in [0.3, 0.4) is 0 Å². The number of carbonyl (C=O) groups is 2. The number of rotatable bonds is 3. The molecular formula is C12H20N2O2. The Kier molecular flexibility index (Phi) is 2.91. The lowest BCUT2D eigenvalue weighted by Gasteiger charge is -2.39. The number of carbonyl (C=O) groups excluding carboxylic acids is 2. The van der Waals surface area contributed by atoms with Gasteiger partial charge in [-0.1, -0.05) is 20.3 Å². The molecule has 1 heterocycles. The lowest BCUT2D eigenvalue weighted by atomic mass is 9.94. The van der Waals surface area contributed by atoms with Crippen LogP contribution in [0.25, 0.3) is 0 Å². The van der Waals surface area contributed by atoms with E-state index in [1.807, 2.05) is 20.8 Å². The quantitative estimate of drug-likeness (QED) is 0.774. The van der Waals surface area contributed by atoms with Gasteiger partial charge in [0.2, 0.25) is 11.8 Å². The van der Waals surface area contributed by atoms with Crippen molar-refractivity contribution in [2.24, 2.45) is 5.92 Å². The van der Waals surface area contributed by atoms with Gasteiger partial charge < -0.3 is 10.2 Å². The third-order valence-electron chi connectivity index (χ3n) is 3.77. The lowest BCUT2D eigenvalue weighted by Crippen LogP contribution is -2.64. The molecule has 0 aromatic carbocycles. The summed E-state index contributed by atoms with van der Waals surface area (Å²) in [6.07, 6.45) is 3.01. The second kappa shape index (κ2) is 4.07. The highest BCUT2D eigenvalue weighted by molar-refractivity contribution is 5.97. The standard InChI is InChI=1S/C12H20N2O2/c1-4-7(2)10-12(16)14(9-5-6-9)8(3)11(15)13-10/h7-10H,4-6H2,1-3H3,(H,13,15). The SMILES string of the molecule is CCC(C)C1NC(=O)C(C)N(C2CC2)C1=O. The van der Waals surface area contributed by atoms with Gasteiger partial charge in [-0.25, -0.2) is 0 Å². The summed E-state index contributed by atoms with van der Waals surface area (Å²) >= 11 is 0. The molecule has 2 aliphatic rings. The summed E-state index contributed by atoms with van der Waals surface area (Å²) in [7, 11) is 0. The molecule has 2 rings (SSSR count). The smallest absolute Gasteiger partial charge is 0.246 e. The zero-order chi connectivity index (χ0) is 11.9. The van der Waals surface area contributed by atoms with E-state index in [4.69, 9.17) is 0 Å². The van der Waals surface area contributed by atoms with Crippen LogP contribution in [0.15, 0.2) is 0 Å². The Morgan fingerprint density at radius 1 is 1.44 bits per heavy atom. The molecule has 16 heavy (non-hydrogen) atoms. The third kappa shape index (κ3) is 1.81. The first-order valence-corrected chi connectivity index (χ1v) is 6.18. The number of hydrogen-bond donors (Lipinski definition) is 1. The van der Waals surface area contributed by atoms with Crippen LogP contribution in [0.2, 0.25) is 0 Å². The normalized spacial score (nSPS) is 32.6. The van der Waals surface area contributed by atoms with E-state index in [1.165, 1.54) is 0 Å². The minimum Gasteiger partial charge on any atom is -0.342 e. The highest BCUT2D eigenvalue weighted by atomic mass is 16.2. The highest BCUT2D eigenvalue weighted by Crippen LogP contribution is 2.32. The molecule has 1 saturated carbocycles. The van der Waals surface area contributed by atoms with E-state index in [1.54, 1.807) is 4.90 Å². The molecule has 4 heteroatoms. The van der Waals surface area contributed by atoms with Crippen LogP contribution >= 0.6 is 0 Å². The second-order valence-corrected chi connectivity index (χ2v) is 5.02. The molecule has 1 aliphatic heterocycles. The summed E-state index contributed by atoms with van der Waals surface area (Å²) in [5.74, 6) is 0.325. The van der Waals surface area contributed by atoms with Crippen molar-refractivity contribution in [2.45, 2.75) is 58.2 Å². The van der Waals surface area contributed by atoms with Crippen molar-refractivity contribution in [2.75, 3.05) is 0 Å². The minimum absolute atomic E-state index is 0.00296. The van der Waals surface area contributed by atoms with Crippen LogP contribution in [0.5, 0.6) is 0 Å². The summed E-state index contributed by atoms with van der Waals surface area (Å²) in [4.78, 5) is 25.9. The van der Waals surface area contributed by atoms with Gasteiger partial charge in [-0.15, -0.1) is 0 Å². The summed E-state index contributed by atoms with van der Waals surface area (Å²) in [5, 5.41) is 2.85. The molecule has 2 fully saturated rings. The van der Waals surface area contributed by atoms with Crippen LogP contribution < -0.4 is 5.32 Å². The topological polar surface area (TPSA) is 49.4 Å². The van der Waals surface area contributed by atoms with E-state index in [0.717, 1.165) is 19.3 Å². The van der Waals surface area contributed by atoms with Crippen LogP contribution in [0, 0.1) is 5.92 Å². The predicted molar refractivity (Wildman–Crippen MR) is 60.7 cm³/mol. The fraction of sp³-hybridized carbons (Fsp3) is 0.833. The Labute approximate surface area is 96.4 Å². The molecule has 3 unspecified atom stereocenters.